The van der Waals surface area contributed by atoms with Crippen molar-refractivity contribution in [3.05, 3.63) is 65.2 Å². The minimum Gasteiger partial charge on any atom is -0.493 e. The molecule has 15 nitrogen and oxygen atoms in total. The molecule has 0 amide bonds. The van der Waals surface area contributed by atoms with Gasteiger partial charge in [-0.25, -0.2) is 0 Å². The van der Waals surface area contributed by atoms with E-state index in [1.54, 1.807) is 24.3 Å². The first kappa shape index (κ1) is 35.2. The van der Waals surface area contributed by atoms with Crippen molar-refractivity contribution in [3.8, 4) is 40.2 Å². The number of carbonyl (C=O) groups excluding carboxylic acids is 6. The Kier molecular flexibility index (Phi) is 10.2. The van der Waals surface area contributed by atoms with Crippen LogP contribution in [-0.4, -0.2) is 61.6 Å². The van der Waals surface area contributed by atoms with Crippen molar-refractivity contribution < 1.29 is 71.4 Å². The Bertz CT molecular complexity index is 1880. The van der Waals surface area contributed by atoms with Crippen molar-refractivity contribution in [2.24, 2.45) is 0 Å². The molecule has 0 aliphatic carbocycles. The summed E-state index contributed by atoms with van der Waals surface area (Å²) in [5.74, 6) is -3.66. The van der Waals surface area contributed by atoms with Crippen molar-refractivity contribution in [1.29, 1.82) is 0 Å². The molecule has 0 radical (unpaired) electrons. The number of hydrogen-bond acceptors (Lipinski definition) is 15. The van der Waals surface area contributed by atoms with Crippen LogP contribution in [-0.2, 0) is 33.4 Å². The Morgan fingerprint density at radius 2 is 1.26 bits per heavy atom. The maximum absolute atomic E-state index is 13.9. The van der Waals surface area contributed by atoms with Gasteiger partial charge < -0.3 is 42.6 Å². The number of carbonyl (C=O) groups is 6. The molecule has 262 valence electrons. The van der Waals surface area contributed by atoms with Crippen LogP contribution in [0.25, 0.3) is 0 Å². The van der Waals surface area contributed by atoms with Gasteiger partial charge >= 0.3 is 29.8 Å². The molecule has 3 aromatic rings. The van der Waals surface area contributed by atoms with E-state index in [1.807, 2.05) is 0 Å². The number of methoxy groups -OCH3 is 1. The molecular weight excluding hydrogens is 660 g/mol. The topological polar surface area (TPSA) is 185 Å². The van der Waals surface area contributed by atoms with Crippen molar-refractivity contribution in [2.45, 2.75) is 59.0 Å². The normalized spacial score (nSPS) is 18.8. The van der Waals surface area contributed by atoms with Crippen LogP contribution in [0, 0.1) is 0 Å². The summed E-state index contributed by atoms with van der Waals surface area (Å²) in [6.07, 6.45) is -4.53. The van der Waals surface area contributed by atoms with Crippen LogP contribution in [0.15, 0.2) is 48.5 Å². The summed E-state index contributed by atoms with van der Waals surface area (Å²) in [6.45, 7) is 5.73. The summed E-state index contributed by atoms with van der Waals surface area (Å²) >= 11 is 0. The van der Waals surface area contributed by atoms with E-state index in [4.69, 9.17) is 42.6 Å². The van der Waals surface area contributed by atoms with Gasteiger partial charge in [-0.1, -0.05) is 12.1 Å². The highest BCUT2D eigenvalue weighted by atomic mass is 16.6. The number of rotatable bonds is 9. The molecule has 2 heterocycles. The fourth-order valence-electron chi connectivity index (χ4n) is 5.41. The maximum atomic E-state index is 13.9. The van der Waals surface area contributed by atoms with Crippen molar-refractivity contribution in [2.75, 3.05) is 13.7 Å². The van der Waals surface area contributed by atoms with Gasteiger partial charge in [0, 0.05) is 57.9 Å². The summed E-state index contributed by atoms with van der Waals surface area (Å²) in [5.41, 5.74) is 0.623. The lowest BCUT2D eigenvalue weighted by Gasteiger charge is -2.36. The van der Waals surface area contributed by atoms with E-state index in [9.17, 15) is 28.8 Å². The molecular formula is C35H32O15. The summed E-state index contributed by atoms with van der Waals surface area (Å²) < 4.78 is 50.6. The number of benzene rings is 3. The highest BCUT2D eigenvalue weighted by Gasteiger charge is 2.44. The van der Waals surface area contributed by atoms with Crippen LogP contribution in [0.3, 0.4) is 0 Å². The van der Waals surface area contributed by atoms with Gasteiger partial charge in [-0.2, -0.15) is 0 Å². The summed E-state index contributed by atoms with van der Waals surface area (Å²) in [4.78, 5) is 73.0. The van der Waals surface area contributed by atoms with Crippen molar-refractivity contribution >= 4 is 35.6 Å². The summed E-state index contributed by atoms with van der Waals surface area (Å²) in [6, 6.07) is 11.8. The lowest BCUT2D eigenvalue weighted by atomic mass is 9.92. The quantitative estimate of drug-likeness (QED) is 0.230. The summed E-state index contributed by atoms with van der Waals surface area (Å²) in [7, 11) is 1.40. The molecule has 4 atom stereocenters. The third kappa shape index (κ3) is 7.77. The Morgan fingerprint density at radius 1 is 0.620 bits per heavy atom. The van der Waals surface area contributed by atoms with E-state index >= 15 is 0 Å². The van der Waals surface area contributed by atoms with Gasteiger partial charge in [0.15, 0.2) is 41.3 Å². The number of ether oxygens (including phenoxy) is 9. The smallest absolute Gasteiger partial charge is 0.308 e. The largest absolute Gasteiger partial charge is 0.493 e. The van der Waals surface area contributed by atoms with Gasteiger partial charge in [-0.15, -0.1) is 0 Å². The molecule has 0 spiro atoms. The lowest BCUT2D eigenvalue weighted by Crippen LogP contribution is -2.40. The zero-order valence-electron chi connectivity index (χ0n) is 27.8. The van der Waals surface area contributed by atoms with E-state index < -0.39 is 60.0 Å². The molecule has 0 bridgehead atoms. The Labute approximate surface area is 285 Å². The molecule has 0 N–H and O–H groups in total. The second-order valence-electron chi connectivity index (χ2n) is 11.1. The molecule has 0 saturated heterocycles. The van der Waals surface area contributed by atoms with Crippen LogP contribution in [0.4, 0.5) is 0 Å². The number of hydrogen-bond donors (Lipinski definition) is 0. The predicted octanol–water partition coefficient (Wildman–Crippen LogP) is 4.16. The molecule has 5 rings (SSSR count). The third-order valence-electron chi connectivity index (χ3n) is 7.27. The maximum Gasteiger partial charge on any atom is 0.308 e. The first-order chi connectivity index (χ1) is 23.7. The van der Waals surface area contributed by atoms with Crippen molar-refractivity contribution in [3.63, 3.8) is 0 Å². The molecule has 3 aromatic carbocycles. The molecule has 2 aliphatic rings. The first-order valence-electron chi connectivity index (χ1n) is 15.1. The van der Waals surface area contributed by atoms with Gasteiger partial charge in [-0.3, -0.25) is 28.8 Å². The van der Waals surface area contributed by atoms with Gasteiger partial charge in [0.2, 0.25) is 11.9 Å². The Morgan fingerprint density at radius 3 is 1.90 bits per heavy atom. The number of esters is 5. The minimum absolute atomic E-state index is 0.0658. The predicted molar refractivity (Wildman–Crippen MR) is 167 cm³/mol. The molecule has 0 saturated carbocycles. The van der Waals surface area contributed by atoms with E-state index in [1.165, 1.54) is 52.1 Å². The van der Waals surface area contributed by atoms with E-state index in [0.29, 0.717) is 11.1 Å². The first-order valence-corrected chi connectivity index (χ1v) is 15.1. The zero-order chi connectivity index (χ0) is 36.3. The fraction of sp³-hybridized carbons (Fsp3) is 0.314. The number of Topliss-reactive ketones (excluding diaryl/α,β-unsaturated/α-hetero) is 1. The molecule has 0 fully saturated rings. The van der Waals surface area contributed by atoms with Crippen molar-refractivity contribution in [1.82, 2.24) is 0 Å². The van der Waals surface area contributed by atoms with Crippen LogP contribution in [0.2, 0.25) is 0 Å². The van der Waals surface area contributed by atoms with E-state index in [0.717, 1.165) is 13.8 Å². The summed E-state index contributed by atoms with van der Waals surface area (Å²) in [5, 5.41) is 0. The molecule has 0 unspecified atom stereocenters. The monoisotopic (exact) mass is 692 g/mol. The average molecular weight is 693 g/mol. The second kappa shape index (κ2) is 14.6. The highest BCUT2D eigenvalue weighted by molar-refractivity contribution is 6.07. The lowest BCUT2D eigenvalue weighted by molar-refractivity contribution is -0.149. The standard InChI is InChI=1S/C35H32O15/c1-16(36)43-15-30-33(21-7-9-24(45-18(3)38)26(11-21)42-6)49-27-12-22(8-10-25(27)48-30)34-35(47-20(5)40)32(41)31-28(46-19(4)39)13-23(44-17(2)37)14-29(31)50-34/h7-14,30,33-35H,15H2,1-6H3/t30-,33-,34-,35+/m1/s1. The highest BCUT2D eigenvalue weighted by Crippen LogP contribution is 2.47. The van der Waals surface area contributed by atoms with Gasteiger partial charge in [0.25, 0.3) is 0 Å². The minimum atomic E-state index is -1.54. The second-order valence-corrected chi connectivity index (χ2v) is 11.1. The van der Waals surface area contributed by atoms with E-state index in [2.05, 4.69) is 0 Å². The van der Waals surface area contributed by atoms with Crippen LogP contribution < -0.4 is 33.2 Å². The SMILES string of the molecule is COc1cc([C@H]2Oc3cc([C@H]4Oc5cc(OC(C)=O)cc(OC(C)=O)c5C(=O)[C@@H]4OC(C)=O)ccc3O[C@@H]2COC(C)=O)ccc1OC(C)=O. The Hall–Kier alpha value is -6.12. The zero-order valence-corrected chi connectivity index (χ0v) is 27.8. The third-order valence-corrected chi connectivity index (χ3v) is 7.27. The van der Waals surface area contributed by atoms with Gasteiger partial charge in [-0.05, 0) is 24.3 Å². The number of ketones is 1. The molecule has 0 aromatic heterocycles. The fourth-order valence-corrected chi connectivity index (χ4v) is 5.41. The van der Waals surface area contributed by atoms with Crippen LogP contribution >= 0.6 is 0 Å². The van der Waals surface area contributed by atoms with Crippen LogP contribution in [0.1, 0.15) is 68.3 Å². The molecule has 2 aliphatic heterocycles. The average Bonchev–Trinajstić information content (AvgIpc) is 3.03. The molecule has 15 heteroatoms. The molecule has 50 heavy (non-hydrogen) atoms. The van der Waals surface area contributed by atoms with E-state index in [-0.39, 0.29) is 52.4 Å². The van der Waals surface area contributed by atoms with Crippen LogP contribution in [0.5, 0.6) is 40.2 Å². The van der Waals surface area contributed by atoms with Gasteiger partial charge in [0.1, 0.15) is 29.4 Å². The van der Waals surface area contributed by atoms with Gasteiger partial charge in [0.05, 0.1) is 7.11 Å². The Balaban J connectivity index is 1.56. The number of fused-ring (bicyclic) bond motifs is 2.